The Kier molecular flexibility index (Phi) is 4.82. The second-order valence-corrected chi connectivity index (χ2v) is 15.1. The molecule has 0 spiro atoms. The summed E-state index contributed by atoms with van der Waals surface area (Å²) in [6.45, 7) is 16.0. The highest BCUT2D eigenvalue weighted by atomic mass is 35.5. The van der Waals surface area contributed by atoms with Crippen LogP contribution in [0.1, 0.15) is 37.3 Å². The molecule has 0 bridgehead atoms. The predicted molar refractivity (Wildman–Crippen MR) is 112 cm³/mol. The molecule has 1 aromatic carbocycles. The van der Waals surface area contributed by atoms with Crippen LogP contribution in [-0.4, -0.2) is 19.3 Å². The lowest BCUT2D eigenvalue weighted by atomic mass is 9.67. The molecule has 2 aliphatic rings. The minimum atomic E-state index is -1.57. The van der Waals surface area contributed by atoms with Gasteiger partial charge in [0.05, 0.1) is 14.2 Å². The molecule has 1 saturated carbocycles. The summed E-state index contributed by atoms with van der Waals surface area (Å²) in [6, 6.07) is 4.08. The van der Waals surface area contributed by atoms with Gasteiger partial charge in [0, 0.05) is 10.0 Å². The van der Waals surface area contributed by atoms with Crippen molar-refractivity contribution >= 4 is 36.8 Å². The fraction of sp³-hybridized carbons (Fsp3) is 0.524. The molecule has 1 N–H and O–H groups in total. The number of halogens is 2. The monoisotopic (exact) mass is 394 g/mol. The summed E-state index contributed by atoms with van der Waals surface area (Å²) < 4.78 is 0. The van der Waals surface area contributed by atoms with Crippen LogP contribution >= 0.6 is 23.2 Å². The van der Waals surface area contributed by atoms with E-state index in [2.05, 4.69) is 33.1 Å². The average Bonchev–Trinajstić information content (AvgIpc) is 2.78. The zero-order chi connectivity index (χ0) is 18.7. The van der Waals surface area contributed by atoms with E-state index in [9.17, 15) is 5.11 Å². The SMILES string of the molecule is C=C1C(c2cc(Cl)c(C)c(Cl)c2)=C([Si](C)(C)C)C[C@@]2(C)C[C@@H](O)C[C@H]12. The Morgan fingerprint density at radius 2 is 1.76 bits per heavy atom. The number of fused-ring (bicyclic) bond motifs is 1. The summed E-state index contributed by atoms with van der Waals surface area (Å²) in [6.07, 6.45) is 2.50. The molecule has 1 nitrogen and oxygen atoms in total. The molecule has 2 aliphatic carbocycles. The molecule has 1 fully saturated rings. The molecule has 3 atom stereocenters. The molecule has 1 aromatic rings. The van der Waals surface area contributed by atoms with E-state index in [4.69, 9.17) is 23.2 Å². The Labute approximate surface area is 162 Å². The van der Waals surface area contributed by atoms with Crippen LogP contribution in [0, 0.1) is 18.3 Å². The maximum absolute atomic E-state index is 10.3. The molecule has 0 aliphatic heterocycles. The van der Waals surface area contributed by atoms with Gasteiger partial charge < -0.3 is 5.11 Å². The highest BCUT2D eigenvalue weighted by Gasteiger charge is 2.50. The van der Waals surface area contributed by atoms with Gasteiger partial charge in [-0.1, -0.05) is 61.5 Å². The third kappa shape index (κ3) is 3.27. The van der Waals surface area contributed by atoms with Crippen LogP contribution in [0.3, 0.4) is 0 Å². The van der Waals surface area contributed by atoms with Crippen molar-refractivity contribution in [3.63, 3.8) is 0 Å². The number of aliphatic hydroxyl groups is 1. The summed E-state index contributed by atoms with van der Waals surface area (Å²) in [5.74, 6) is 0.330. The molecule has 136 valence electrons. The van der Waals surface area contributed by atoms with Crippen molar-refractivity contribution in [3.8, 4) is 0 Å². The first-order chi connectivity index (χ1) is 11.4. The van der Waals surface area contributed by atoms with Crippen LogP contribution in [-0.2, 0) is 0 Å². The van der Waals surface area contributed by atoms with E-state index < -0.39 is 8.07 Å². The van der Waals surface area contributed by atoms with Gasteiger partial charge in [-0.3, -0.25) is 0 Å². The van der Waals surface area contributed by atoms with Gasteiger partial charge in [-0.25, -0.2) is 0 Å². The van der Waals surface area contributed by atoms with Gasteiger partial charge in [0.2, 0.25) is 0 Å². The topological polar surface area (TPSA) is 20.2 Å². The maximum Gasteiger partial charge on any atom is 0.0732 e. The van der Waals surface area contributed by atoms with Crippen molar-refractivity contribution < 1.29 is 5.11 Å². The number of allylic oxidation sites excluding steroid dienone is 3. The smallest absolute Gasteiger partial charge is 0.0732 e. The van der Waals surface area contributed by atoms with E-state index in [0.717, 1.165) is 30.4 Å². The first kappa shape index (κ1) is 19.2. The summed E-state index contributed by atoms with van der Waals surface area (Å²) in [7, 11) is -1.57. The first-order valence-corrected chi connectivity index (χ1v) is 13.3. The molecular formula is C21H28Cl2OSi. The molecule has 0 unspecified atom stereocenters. The van der Waals surface area contributed by atoms with Crippen molar-refractivity contribution in [1.82, 2.24) is 0 Å². The minimum absolute atomic E-state index is 0.119. The lowest BCUT2D eigenvalue weighted by Gasteiger charge is -2.44. The van der Waals surface area contributed by atoms with Gasteiger partial charge in [-0.15, -0.1) is 0 Å². The van der Waals surface area contributed by atoms with Crippen molar-refractivity contribution in [2.24, 2.45) is 11.3 Å². The number of hydrogen-bond acceptors (Lipinski definition) is 1. The highest BCUT2D eigenvalue weighted by molar-refractivity contribution is 6.84. The Hall–Kier alpha value is -0.543. The van der Waals surface area contributed by atoms with Gasteiger partial charge in [0.15, 0.2) is 0 Å². The fourth-order valence-electron chi connectivity index (χ4n) is 4.73. The standard InChI is InChI=1S/C21H28Cl2OSi/c1-12-16-9-15(24)10-21(16,3)11-19(25(4,5)6)20(12)14-7-17(22)13(2)18(23)8-14/h7-8,15-16,24H,1,9-11H2,2-6H3/t15-,16+,21+/m0/s1. The third-order valence-electron chi connectivity index (χ3n) is 6.15. The van der Waals surface area contributed by atoms with E-state index in [0.29, 0.717) is 16.0 Å². The largest absolute Gasteiger partial charge is 0.393 e. The average molecular weight is 395 g/mol. The quantitative estimate of drug-likeness (QED) is 0.555. The van der Waals surface area contributed by atoms with E-state index in [-0.39, 0.29) is 11.5 Å². The van der Waals surface area contributed by atoms with Crippen LogP contribution in [0.25, 0.3) is 5.57 Å². The van der Waals surface area contributed by atoms with Gasteiger partial charge in [-0.2, -0.15) is 0 Å². The van der Waals surface area contributed by atoms with E-state index >= 15 is 0 Å². The van der Waals surface area contributed by atoms with Gasteiger partial charge in [0.25, 0.3) is 0 Å². The highest BCUT2D eigenvalue weighted by Crippen LogP contribution is 2.58. The normalized spacial score (nSPS) is 30.0. The number of rotatable bonds is 2. The molecule has 3 rings (SSSR count). The zero-order valence-electron chi connectivity index (χ0n) is 15.8. The molecule has 0 amide bonds. The molecule has 0 aromatic heterocycles. The van der Waals surface area contributed by atoms with Crippen LogP contribution in [0.4, 0.5) is 0 Å². The third-order valence-corrected chi connectivity index (χ3v) is 9.17. The van der Waals surface area contributed by atoms with Crippen molar-refractivity contribution in [2.75, 3.05) is 0 Å². The number of aliphatic hydroxyl groups excluding tert-OH is 1. The Bertz CT molecular complexity index is 752. The lowest BCUT2D eigenvalue weighted by molar-refractivity contribution is 0.163. The first-order valence-electron chi connectivity index (χ1n) is 9.01. The van der Waals surface area contributed by atoms with E-state index in [1.165, 1.54) is 16.3 Å². The Morgan fingerprint density at radius 1 is 1.20 bits per heavy atom. The van der Waals surface area contributed by atoms with E-state index in [1.54, 1.807) is 0 Å². The summed E-state index contributed by atoms with van der Waals surface area (Å²) >= 11 is 12.9. The molecule has 25 heavy (non-hydrogen) atoms. The molecule has 0 radical (unpaired) electrons. The Balaban J connectivity index is 2.23. The Morgan fingerprint density at radius 3 is 2.28 bits per heavy atom. The lowest BCUT2D eigenvalue weighted by Crippen LogP contribution is -2.37. The summed E-state index contributed by atoms with van der Waals surface area (Å²) in [5, 5.41) is 13.3. The summed E-state index contributed by atoms with van der Waals surface area (Å²) in [5.41, 5.74) is 4.56. The fourth-order valence-corrected chi connectivity index (χ4v) is 7.20. The number of hydrogen-bond donors (Lipinski definition) is 1. The van der Waals surface area contributed by atoms with Crippen LogP contribution in [0.15, 0.2) is 29.5 Å². The van der Waals surface area contributed by atoms with Crippen molar-refractivity contribution in [3.05, 3.63) is 50.7 Å². The minimum Gasteiger partial charge on any atom is -0.393 e. The second kappa shape index (κ2) is 6.26. The predicted octanol–water partition coefficient (Wildman–Crippen LogP) is 6.67. The van der Waals surface area contributed by atoms with Gasteiger partial charge in [-0.05, 0) is 71.9 Å². The maximum atomic E-state index is 10.3. The summed E-state index contributed by atoms with van der Waals surface area (Å²) in [4.78, 5) is 0. The molecule has 0 saturated heterocycles. The molecule has 4 heteroatoms. The van der Waals surface area contributed by atoms with Crippen LogP contribution < -0.4 is 0 Å². The molecular weight excluding hydrogens is 367 g/mol. The van der Waals surface area contributed by atoms with Crippen LogP contribution in [0.2, 0.25) is 29.7 Å². The van der Waals surface area contributed by atoms with Gasteiger partial charge in [0.1, 0.15) is 0 Å². The second-order valence-electron chi connectivity index (χ2n) is 9.17. The van der Waals surface area contributed by atoms with Gasteiger partial charge >= 0.3 is 0 Å². The van der Waals surface area contributed by atoms with Crippen molar-refractivity contribution in [1.29, 1.82) is 0 Å². The number of benzene rings is 1. The molecule has 0 heterocycles. The van der Waals surface area contributed by atoms with Crippen molar-refractivity contribution in [2.45, 2.75) is 58.9 Å². The van der Waals surface area contributed by atoms with Crippen LogP contribution in [0.5, 0.6) is 0 Å². The zero-order valence-corrected chi connectivity index (χ0v) is 18.4. The van der Waals surface area contributed by atoms with E-state index in [1.807, 2.05) is 19.1 Å².